The summed E-state index contributed by atoms with van der Waals surface area (Å²) in [6.07, 6.45) is 3.71. The van der Waals surface area contributed by atoms with Gasteiger partial charge in [0.2, 0.25) is 10.0 Å². The Kier molecular flexibility index (Phi) is 4.08. The average Bonchev–Trinajstić information content (AvgIpc) is 2.81. The van der Waals surface area contributed by atoms with Gasteiger partial charge in [0.25, 0.3) is 0 Å². The van der Waals surface area contributed by atoms with Crippen LogP contribution in [0.1, 0.15) is 5.69 Å². The third-order valence-electron chi connectivity index (χ3n) is 2.50. The summed E-state index contributed by atoms with van der Waals surface area (Å²) in [5, 5.41) is 0.397. The van der Waals surface area contributed by atoms with E-state index in [0.717, 1.165) is 5.69 Å². The zero-order valence-corrected chi connectivity index (χ0v) is 11.5. The predicted molar refractivity (Wildman–Crippen MR) is 73.3 cm³/mol. The van der Waals surface area contributed by atoms with E-state index >= 15 is 0 Å². The van der Waals surface area contributed by atoms with Crippen LogP contribution < -0.4 is 10.5 Å². The highest BCUT2D eigenvalue weighted by atomic mass is 35.5. The van der Waals surface area contributed by atoms with Gasteiger partial charge < -0.3 is 10.7 Å². The number of H-pyrrole nitrogens is 1. The smallest absolute Gasteiger partial charge is 0.242 e. The minimum absolute atomic E-state index is 0.0292. The van der Waals surface area contributed by atoms with E-state index in [4.69, 9.17) is 17.3 Å². The van der Waals surface area contributed by atoms with Gasteiger partial charge in [0.15, 0.2) is 0 Å². The largest absolute Gasteiger partial charge is 0.398 e. The van der Waals surface area contributed by atoms with E-state index in [1.807, 2.05) is 0 Å². The lowest BCUT2D eigenvalue weighted by atomic mass is 10.3. The molecule has 0 radical (unpaired) electrons. The number of nitrogen functional groups attached to an aromatic ring is 1. The van der Waals surface area contributed by atoms with Crippen molar-refractivity contribution < 1.29 is 8.42 Å². The summed E-state index contributed by atoms with van der Waals surface area (Å²) >= 11 is 5.73. The Balaban J connectivity index is 2.05. The van der Waals surface area contributed by atoms with Crippen molar-refractivity contribution in [3.05, 3.63) is 41.4 Å². The van der Waals surface area contributed by atoms with Gasteiger partial charge in [0.05, 0.1) is 12.0 Å². The van der Waals surface area contributed by atoms with Crippen molar-refractivity contribution in [3.63, 3.8) is 0 Å². The molecule has 0 saturated carbocycles. The second-order valence-corrected chi connectivity index (χ2v) is 6.08. The van der Waals surface area contributed by atoms with Gasteiger partial charge in [-0.05, 0) is 18.2 Å². The molecule has 0 bridgehead atoms. The van der Waals surface area contributed by atoms with Crippen LogP contribution in [0.4, 0.5) is 5.69 Å². The first kappa shape index (κ1) is 13.9. The number of anilines is 1. The number of halogens is 1. The third kappa shape index (κ3) is 3.46. The molecule has 2 rings (SSSR count). The summed E-state index contributed by atoms with van der Waals surface area (Å²) in [4.78, 5) is 6.77. The highest BCUT2D eigenvalue weighted by molar-refractivity contribution is 7.89. The van der Waals surface area contributed by atoms with E-state index in [0.29, 0.717) is 11.4 Å². The normalized spacial score (nSPS) is 11.6. The Labute approximate surface area is 116 Å². The second-order valence-electron chi connectivity index (χ2n) is 3.91. The summed E-state index contributed by atoms with van der Waals surface area (Å²) in [6, 6.07) is 4.28. The van der Waals surface area contributed by atoms with Crippen LogP contribution >= 0.6 is 11.6 Å². The van der Waals surface area contributed by atoms with Gasteiger partial charge in [0, 0.05) is 29.9 Å². The number of nitrogens with one attached hydrogen (secondary N) is 2. The summed E-state index contributed by atoms with van der Waals surface area (Å²) in [7, 11) is -3.63. The third-order valence-corrected chi connectivity index (χ3v) is 4.27. The van der Waals surface area contributed by atoms with E-state index < -0.39 is 10.0 Å². The van der Waals surface area contributed by atoms with Crippen molar-refractivity contribution in [1.29, 1.82) is 0 Å². The monoisotopic (exact) mass is 300 g/mol. The number of hydrogen-bond donors (Lipinski definition) is 3. The minimum Gasteiger partial charge on any atom is -0.398 e. The zero-order chi connectivity index (χ0) is 13.9. The van der Waals surface area contributed by atoms with E-state index in [-0.39, 0.29) is 17.1 Å². The highest BCUT2D eigenvalue weighted by Crippen LogP contribution is 2.22. The Morgan fingerprint density at radius 3 is 2.84 bits per heavy atom. The molecule has 2 aromatic rings. The van der Waals surface area contributed by atoms with Gasteiger partial charge in [-0.15, -0.1) is 0 Å². The van der Waals surface area contributed by atoms with E-state index in [1.54, 1.807) is 12.5 Å². The molecule has 8 heteroatoms. The molecular formula is C11H13ClN4O2S. The standard InChI is InChI=1S/C11H13ClN4O2S/c12-8-1-2-11(10(13)5-8)19(17,18)16-4-3-9-6-14-7-15-9/h1-2,5-7,16H,3-4,13H2,(H,14,15). The molecule has 1 aromatic heterocycles. The van der Waals surface area contributed by atoms with Gasteiger partial charge in [0.1, 0.15) is 4.90 Å². The first-order valence-electron chi connectivity index (χ1n) is 5.51. The SMILES string of the molecule is Nc1cc(Cl)ccc1S(=O)(=O)NCCc1cnc[nH]1. The summed E-state index contributed by atoms with van der Waals surface area (Å²) < 4.78 is 26.5. The summed E-state index contributed by atoms with van der Waals surface area (Å²) in [5.41, 5.74) is 6.63. The fraction of sp³-hybridized carbons (Fsp3) is 0.182. The van der Waals surface area contributed by atoms with Crippen LogP contribution in [0.3, 0.4) is 0 Å². The molecule has 0 aliphatic rings. The molecule has 4 N–H and O–H groups in total. The molecule has 1 aromatic carbocycles. The molecule has 0 aliphatic carbocycles. The number of imidazole rings is 1. The van der Waals surface area contributed by atoms with Gasteiger partial charge in [-0.2, -0.15) is 0 Å². The molecule has 0 saturated heterocycles. The van der Waals surface area contributed by atoms with Crippen molar-refractivity contribution in [2.24, 2.45) is 0 Å². The molecule has 0 spiro atoms. The molecule has 0 fully saturated rings. The first-order valence-corrected chi connectivity index (χ1v) is 7.37. The molecular weight excluding hydrogens is 288 g/mol. The molecule has 19 heavy (non-hydrogen) atoms. The van der Waals surface area contributed by atoms with Crippen LogP contribution in [0.2, 0.25) is 5.02 Å². The van der Waals surface area contributed by atoms with Crippen LogP contribution in [-0.2, 0) is 16.4 Å². The maximum absolute atomic E-state index is 12.0. The number of aromatic amines is 1. The van der Waals surface area contributed by atoms with Crippen molar-refractivity contribution in [1.82, 2.24) is 14.7 Å². The number of aromatic nitrogens is 2. The zero-order valence-electron chi connectivity index (χ0n) is 9.93. The lowest BCUT2D eigenvalue weighted by molar-refractivity contribution is 0.582. The quantitative estimate of drug-likeness (QED) is 0.721. The number of nitrogens with zero attached hydrogens (tertiary/aromatic N) is 1. The van der Waals surface area contributed by atoms with Crippen LogP contribution in [0, 0.1) is 0 Å². The number of benzene rings is 1. The maximum atomic E-state index is 12.0. The Morgan fingerprint density at radius 2 is 2.21 bits per heavy atom. The summed E-state index contributed by atoms with van der Waals surface area (Å²) in [5.74, 6) is 0. The second kappa shape index (κ2) is 5.60. The number of nitrogens with two attached hydrogens (primary N) is 1. The Bertz CT molecular complexity index is 655. The fourth-order valence-corrected chi connectivity index (χ4v) is 2.91. The van der Waals surface area contributed by atoms with Crippen molar-refractivity contribution in [3.8, 4) is 0 Å². The van der Waals surface area contributed by atoms with Crippen LogP contribution in [0.15, 0.2) is 35.6 Å². The van der Waals surface area contributed by atoms with Gasteiger partial charge in [-0.25, -0.2) is 18.1 Å². The molecule has 0 atom stereocenters. The summed E-state index contributed by atoms with van der Waals surface area (Å²) in [6.45, 7) is 0.257. The fourth-order valence-electron chi connectivity index (χ4n) is 1.58. The van der Waals surface area contributed by atoms with E-state index in [1.165, 1.54) is 18.2 Å². The number of hydrogen-bond acceptors (Lipinski definition) is 4. The van der Waals surface area contributed by atoms with Crippen LogP contribution in [0.5, 0.6) is 0 Å². The average molecular weight is 301 g/mol. The van der Waals surface area contributed by atoms with Crippen molar-refractivity contribution in [2.75, 3.05) is 12.3 Å². The highest BCUT2D eigenvalue weighted by Gasteiger charge is 2.16. The molecule has 102 valence electrons. The van der Waals surface area contributed by atoms with Crippen LogP contribution in [0.25, 0.3) is 0 Å². The Morgan fingerprint density at radius 1 is 1.42 bits per heavy atom. The van der Waals surface area contributed by atoms with E-state index in [2.05, 4.69) is 14.7 Å². The van der Waals surface area contributed by atoms with Crippen LogP contribution in [-0.4, -0.2) is 24.9 Å². The lowest BCUT2D eigenvalue weighted by Gasteiger charge is -2.08. The molecule has 0 unspecified atom stereocenters. The lowest BCUT2D eigenvalue weighted by Crippen LogP contribution is -2.26. The molecule has 1 heterocycles. The van der Waals surface area contributed by atoms with Gasteiger partial charge in [-0.1, -0.05) is 11.6 Å². The topological polar surface area (TPSA) is 101 Å². The number of sulfonamides is 1. The molecule has 0 aliphatic heterocycles. The van der Waals surface area contributed by atoms with Crippen molar-refractivity contribution >= 4 is 27.3 Å². The Hall–Kier alpha value is -1.57. The van der Waals surface area contributed by atoms with Crippen molar-refractivity contribution in [2.45, 2.75) is 11.3 Å². The molecule has 0 amide bonds. The first-order chi connectivity index (χ1) is 8.99. The maximum Gasteiger partial charge on any atom is 0.242 e. The minimum atomic E-state index is -3.63. The van der Waals surface area contributed by atoms with Gasteiger partial charge in [-0.3, -0.25) is 0 Å². The number of rotatable bonds is 5. The molecule has 6 nitrogen and oxygen atoms in total. The van der Waals surface area contributed by atoms with Gasteiger partial charge >= 0.3 is 0 Å². The predicted octanol–water partition coefficient (Wildman–Crippen LogP) is 1.17. The van der Waals surface area contributed by atoms with E-state index in [9.17, 15) is 8.42 Å².